The van der Waals surface area contributed by atoms with Crippen LogP contribution < -0.4 is 10.6 Å². The zero-order valence-electron chi connectivity index (χ0n) is 13.7. The van der Waals surface area contributed by atoms with Gasteiger partial charge in [-0.2, -0.15) is 0 Å². The Morgan fingerprint density at radius 3 is 2.44 bits per heavy atom. The van der Waals surface area contributed by atoms with Gasteiger partial charge in [0, 0.05) is 6.54 Å². The zero-order chi connectivity index (χ0) is 16.9. The van der Waals surface area contributed by atoms with Crippen molar-refractivity contribution in [2.75, 3.05) is 13.1 Å². The largest absolute Gasteiger partial charge is 0.354 e. The summed E-state index contributed by atoms with van der Waals surface area (Å²) in [6, 6.07) is 13.9. The van der Waals surface area contributed by atoms with Crippen LogP contribution in [0, 0.1) is 0 Å². The molecule has 0 spiro atoms. The summed E-state index contributed by atoms with van der Waals surface area (Å²) in [5.74, 6) is 0.111. The van der Waals surface area contributed by atoms with Gasteiger partial charge in [0.25, 0.3) is 0 Å². The summed E-state index contributed by atoms with van der Waals surface area (Å²) >= 11 is 12.0. The molecular weight excluding hydrogens is 379 g/mol. The van der Waals surface area contributed by atoms with E-state index >= 15 is 0 Å². The number of halogens is 3. The van der Waals surface area contributed by atoms with E-state index in [1.54, 1.807) is 6.07 Å². The van der Waals surface area contributed by atoms with Gasteiger partial charge in [-0.1, -0.05) is 53.5 Å². The summed E-state index contributed by atoms with van der Waals surface area (Å²) in [5, 5.41) is 7.32. The van der Waals surface area contributed by atoms with Crippen molar-refractivity contribution < 1.29 is 4.79 Å². The van der Waals surface area contributed by atoms with Crippen LogP contribution in [0.5, 0.6) is 0 Å². The number of rotatable bonds is 5. The Morgan fingerprint density at radius 2 is 1.80 bits per heavy atom. The van der Waals surface area contributed by atoms with Crippen molar-refractivity contribution in [1.82, 2.24) is 10.6 Å². The maximum atomic E-state index is 11.9. The van der Waals surface area contributed by atoms with Gasteiger partial charge < -0.3 is 10.6 Å². The second-order valence-corrected chi connectivity index (χ2v) is 6.83. The molecule has 1 fully saturated rings. The van der Waals surface area contributed by atoms with E-state index < -0.39 is 0 Å². The van der Waals surface area contributed by atoms with E-state index in [1.807, 2.05) is 12.1 Å². The fourth-order valence-corrected chi connectivity index (χ4v) is 3.20. The molecule has 1 aliphatic heterocycles. The van der Waals surface area contributed by atoms with Gasteiger partial charge in [-0.15, -0.1) is 12.4 Å². The Bertz CT molecular complexity index is 713. The topological polar surface area (TPSA) is 41.1 Å². The Balaban J connectivity index is 0.00000225. The fourth-order valence-electron chi connectivity index (χ4n) is 2.90. The number of hydrogen-bond acceptors (Lipinski definition) is 2. The van der Waals surface area contributed by atoms with Gasteiger partial charge in [0.2, 0.25) is 5.91 Å². The van der Waals surface area contributed by atoms with Crippen molar-refractivity contribution in [2.24, 2.45) is 0 Å². The monoisotopic (exact) mass is 398 g/mol. The fraction of sp³-hybridized carbons (Fsp3) is 0.316. The van der Waals surface area contributed by atoms with Gasteiger partial charge in [-0.25, -0.2) is 0 Å². The molecule has 0 aromatic heterocycles. The van der Waals surface area contributed by atoms with Gasteiger partial charge >= 0.3 is 0 Å². The molecule has 1 heterocycles. The number of amides is 1. The number of nitrogens with one attached hydrogen (secondary N) is 2. The zero-order valence-corrected chi connectivity index (χ0v) is 16.1. The number of carbonyl (C=O) groups excluding carboxylic acids is 1. The number of carbonyl (C=O) groups is 1. The van der Waals surface area contributed by atoms with Crippen LogP contribution in [0.3, 0.4) is 0 Å². The molecule has 25 heavy (non-hydrogen) atoms. The summed E-state index contributed by atoms with van der Waals surface area (Å²) in [7, 11) is 0. The highest BCUT2D eigenvalue weighted by Crippen LogP contribution is 2.28. The summed E-state index contributed by atoms with van der Waals surface area (Å²) in [6.45, 7) is 1.59. The summed E-state index contributed by atoms with van der Waals surface area (Å²) < 4.78 is 0. The molecule has 1 amide bonds. The quantitative estimate of drug-likeness (QED) is 0.777. The molecule has 0 bridgehead atoms. The molecule has 2 aromatic carbocycles. The van der Waals surface area contributed by atoms with Gasteiger partial charge in [0.15, 0.2) is 0 Å². The summed E-state index contributed by atoms with van der Waals surface area (Å²) in [6.07, 6.45) is 2.83. The summed E-state index contributed by atoms with van der Waals surface area (Å²) in [4.78, 5) is 11.9. The van der Waals surface area contributed by atoms with Crippen LogP contribution in [0.4, 0.5) is 0 Å². The standard InChI is InChI=1S/C19H20Cl2N2O.ClH/c20-16-8-7-15(12-17(16)21)14-5-3-13(4-6-14)9-11-23-19(24)18-2-1-10-22-18;/h3-8,12,18,22H,1-2,9-11H2,(H,23,24);1H. The molecule has 0 radical (unpaired) electrons. The lowest BCUT2D eigenvalue weighted by molar-refractivity contribution is -0.122. The molecule has 1 aliphatic rings. The normalized spacial score (nSPS) is 16.3. The highest BCUT2D eigenvalue weighted by Gasteiger charge is 2.21. The molecule has 1 unspecified atom stereocenters. The van der Waals surface area contributed by atoms with Crippen LogP contribution in [0.2, 0.25) is 10.0 Å². The number of benzene rings is 2. The SMILES string of the molecule is Cl.O=C(NCCc1ccc(-c2ccc(Cl)c(Cl)c2)cc1)C1CCCN1. The van der Waals surface area contributed by atoms with Crippen LogP contribution in [-0.2, 0) is 11.2 Å². The average Bonchev–Trinajstić information content (AvgIpc) is 3.13. The van der Waals surface area contributed by atoms with Crippen LogP contribution in [-0.4, -0.2) is 25.0 Å². The predicted octanol–water partition coefficient (Wildman–Crippen LogP) is 4.49. The van der Waals surface area contributed by atoms with E-state index in [1.165, 1.54) is 5.56 Å². The van der Waals surface area contributed by atoms with E-state index in [4.69, 9.17) is 23.2 Å². The maximum Gasteiger partial charge on any atom is 0.237 e. The van der Waals surface area contributed by atoms with Crippen molar-refractivity contribution >= 4 is 41.5 Å². The molecule has 0 aliphatic carbocycles. The van der Waals surface area contributed by atoms with Crippen molar-refractivity contribution in [3.8, 4) is 11.1 Å². The highest BCUT2D eigenvalue weighted by molar-refractivity contribution is 6.42. The Kier molecular flexibility index (Phi) is 7.57. The Hall–Kier alpha value is -1.26. The molecular formula is C19H21Cl3N2O. The molecule has 2 aromatic rings. The molecule has 3 nitrogen and oxygen atoms in total. The highest BCUT2D eigenvalue weighted by atomic mass is 35.5. The van der Waals surface area contributed by atoms with Crippen molar-refractivity contribution in [3.63, 3.8) is 0 Å². The lowest BCUT2D eigenvalue weighted by atomic mass is 10.0. The molecule has 134 valence electrons. The van der Waals surface area contributed by atoms with Crippen LogP contribution in [0.1, 0.15) is 18.4 Å². The van der Waals surface area contributed by atoms with E-state index in [0.29, 0.717) is 16.6 Å². The number of hydrogen-bond donors (Lipinski definition) is 2. The predicted molar refractivity (Wildman–Crippen MR) is 107 cm³/mol. The lowest BCUT2D eigenvalue weighted by Crippen LogP contribution is -2.41. The van der Waals surface area contributed by atoms with Gasteiger partial charge in [-0.05, 0) is 54.6 Å². The molecule has 1 atom stereocenters. The Morgan fingerprint density at radius 1 is 1.08 bits per heavy atom. The van der Waals surface area contributed by atoms with E-state index in [0.717, 1.165) is 36.9 Å². The minimum atomic E-state index is -0.0120. The van der Waals surface area contributed by atoms with E-state index in [2.05, 4.69) is 34.9 Å². The third-order valence-electron chi connectivity index (χ3n) is 4.30. The molecule has 0 saturated carbocycles. The molecule has 1 saturated heterocycles. The molecule has 6 heteroatoms. The first kappa shape index (κ1) is 20.1. The third kappa shape index (κ3) is 5.35. The van der Waals surface area contributed by atoms with Crippen molar-refractivity contribution in [3.05, 3.63) is 58.1 Å². The Labute approximate surface area is 164 Å². The minimum Gasteiger partial charge on any atom is -0.354 e. The van der Waals surface area contributed by atoms with E-state index in [-0.39, 0.29) is 24.4 Å². The van der Waals surface area contributed by atoms with Crippen LogP contribution in [0.15, 0.2) is 42.5 Å². The summed E-state index contributed by atoms with van der Waals surface area (Å²) in [5.41, 5.74) is 3.33. The van der Waals surface area contributed by atoms with Gasteiger partial charge in [0.1, 0.15) is 0 Å². The second kappa shape index (κ2) is 9.44. The first-order valence-electron chi connectivity index (χ1n) is 8.19. The first-order chi connectivity index (χ1) is 11.6. The van der Waals surface area contributed by atoms with Gasteiger partial charge in [-0.3, -0.25) is 4.79 Å². The van der Waals surface area contributed by atoms with E-state index in [9.17, 15) is 4.79 Å². The van der Waals surface area contributed by atoms with Gasteiger partial charge in [0.05, 0.1) is 16.1 Å². The maximum absolute atomic E-state index is 11.9. The second-order valence-electron chi connectivity index (χ2n) is 6.02. The average molecular weight is 400 g/mol. The van der Waals surface area contributed by atoms with Crippen LogP contribution in [0.25, 0.3) is 11.1 Å². The smallest absolute Gasteiger partial charge is 0.237 e. The minimum absolute atomic E-state index is 0. The molecule has 2 N–H and O–H groups in total. The molecule has 3 rings (SSSR count). The third-order valence-corrected chi connectivity index (χ3v) is 5.04. The van der Waals surface area contributed by atoms with Crippen LogP contribution >= 0.6 is 35.6 Å². The van der Waals surface area contributed by atoms with Crippen molar-refractivity contribution in [2.45, 2.75) is 25.3 Å². The first-order valence-corrected chi connectivity index (χ1v) is 8.94. The lowest BCUT2D eigenvalue weighted by Gasteiger charge is -2.11. The van der Waals surface area contributed by atoms with Crippen molar-refractivity contribution in [1.29, 1.82) is 0 Å².